The Bertz CT molecular complexity index is 572. The van der Waals surface area contributed by atoms with Gasteiger partial charge >= 0.3 is 0 Å². The molecular formula is C16H20N2. The first-order chi connectivity index (χ1) is 8.81. The van der Waals surface area contributed by atoms with Crippen molar-refractivity contribution in [1.29, 1.82) is 0 Å². The normalized spacial score (nSPS) is 31.1. The highest BCUT2D eigenvalue weighted by Crippen LogP contribution is 2.37. The third-order valence-electron chi connectivity index (χ3n) is 4.75. The second-order valence-corrected chi connectivity index (χ2v) is 5.98. The fraction of sp³-hybridized carbons (Fsp3) is 0.500. The zero-order valence-corrected chi connectivity index (χ0v) is 10.9. The largest absolute Gasteiger partial charge is 0.342 e. The van der Waals surface area contributed by atoms with Crippen molar-refractivity contribution in [1.82, 2.24) is 9.88 Å². The highest BCUT2D eigenvalue weighted by molar-refractivity contribution is 5.81. The average Bonchev–Trinajstić information content (AvgIpc) is 2.88. The summed E-state index contributed by atoms with van der Waals surface area (Å²) in [4.78, 5) is 0. The molecule has 2 fully saturated rings. The topological polar surface area (TPSA) is 17.0 Å². The van der Waals surface area contributed by atoms with Crippen molar-refractivity contribution >= 4 is 10.9 Å². The highest BCUT2D eigenvalue weighted by atomic mass is 15.1. The van der Waals surface area contributed by atoms with E-state index in [0.717, 1.165) is 12.1 Å². The van der Waals surface area contributed by atoms with Gasteiger partial charge in [0, 0.05) is 29.3 Å². The summed E-state index contributed by atoms with van der Waals surface area (Å²) in [5, 5.41) is 5.13. The number of hydrogen-bond donors (Lipinski definition) is 1. The van der Waals surface area contributed by atoms with E-state index in [1.165, 1.54) is 42.3 Å². The van der Waals surface area contributed by atoms with Gasteiger partial charge in [-0.3, -0.25) is 0 Å². The number of fused-ring (bicyclic) bond motifs is 3. The second-order valence-electron chi connectivity index (χ2n) is 5.98. The molecule has 0 spiro atoms. The number of nitrogens with zero attached hydrogens (tertiary/aromatic N) is 1. The lowest BCUT2D eigenvalue weighted by molar-refractivity contribution is 0.301. The van der Waals surface area contributed by atoms with Gasteiger partial charge in [-0.15, -0.1) is 0 Å². The van der Waals surface area contributed by atoms with Gasteiger partial charge in [0.1, 0.15) is 0 Å². The minimum absolute atomic E-state index is 0.698. The van der Waals surface area contributed by atoms with Gasteiger partial charge in [-0.1, -0.05) is 18.2 Å². The van der Waals surface area contributed by atoms with Crippen LogP contribution in [-0.2, 0) is 0 Å². The number of hydrogen-bond acceptors (Lipinski definition) is 1. The molecule has 94 valence electrons. The monoisotopic (exact) mass is 240 g/mol. The summed E-state index contributed by atoms with van der Waals surface area (Å²) in [7, 11) is 0. The fourth-order valence-corrected chi connectivity index (χ4v) is 4.04. The van der Waals surface area contributed by atoms with Gasteiger partial charge in [-0.25, -0.2) is 0 Å². The van der Waals surface area contributed by atoms with E-state index in [-0.39, 0.29) is 0 Å². The Morgan fingerprint density at radius 2 is 1.83 bits per heavy atom. The lowest BCUT2D eigenvalue weighted by Gasteiger charge is -2.31. The lowest BCUT2D eigenvalue weighted by Crippen LogP contribution is -2.39. The highest BCUT2D eigenvalue weighted by Gasteiger charge is 2.34. The molecule has 2 heteroatoms. The van der Waals surface area contributed by atoms with Gasteiger partial charge in [0.05, 0.1) is 0 Å². The quantitative estimate of drug-likeness (QED) is 0.808. The molecule has 1 aromatic heterocycles. The van der Waals surface area contributed by atoms with Crippen molar-refractivity contribution in [3.63, 3.8) is 0 Å². The molecular weight excluding hydrogens is 220 g/mol. The number of para-hydroxylation sites is 1. The van der Waals surface area contributed by atoms with E-state index in [9.17, 15) is 0 Å². The van der Waals surface area contributed by atoms with E-state index in [0.29, 0.717) is 6.04 Å². The van der Waals surface area contributed by atoms with Gasteiger partial charge in [0.15, 0.2) is 0 Å². The fourth-order valence-electron chi connectivity index (χ4n) is 4.04. The van der Waals surface area contributed by atoms with Crippen LogP contribution in [0.3, 0.4) is 0 Å². The Balaban J connectivity index is 1.80. The molecule has 1 aromatic carbocycles. The first-order valence-electron chi connectivity index (χ1n) is 7.14. The van der Waals surface area contributed by atoms with E-state index >= 15 is 0 Å². The zero-order valence-electron chi connectivity index (χ0n) is 10.9. The summed E-state index contributed by atoms with van der Waals surface area (Å²) in [6.45, 7) is 2.25. The minimum Gasteiger partial charge on any atom is -0.342 e. The summed E-state index contributed by atoms with van der Waals surface area (Å²) < 4.78 is 2.58. The number of aryl methyl sites for hydroxylation is 1. The molecule has 2 aliphatic heterocycles. The van der Waals surface area contributed by atoms with Crippen LogP contribution in [0, 0.1) is 6.92 Å². The molecule has 0 saturated carbocycles. The average molecular weight is 240 g/mol. The van der Waals surface area contributed by atoms with Crippen molar-refractivity contribution in [2.24, 2.45) is 0 Å². The number of benzene rings is 1. The van der Waals surface area contributed by atoms with E-state index in [2.05, 4.69) is 47.1 Å². The van der Waals surface area contributed by atoms with Crippen LogP contribution in [0.25, 0.3) is 10.9 Å². The number of aromatic nitrogens is 1. The Morgan fingerprint density at radius 3 is 2.61 bits per heavy atom. The minimum atomic E-state index is 0.698. The molecule has 0 aliphatic carbocycles. The molecule has 3 heterocycles. The van der Waals surface area contributed by atoms with Gasteiger partial charge in [-0.2, -0.15) is 0 Å². The number of nitrogens with one attached hydrogen (secondary N) is 1. The Morgan fingerprint density at radius 1 is 1.11 bits per heavy atom. The Labute approximate surface area is 108 Å². The maximum Gasteiger partial charge on any atom is 0.0485 e. The van der Waals surface area contributed by atoms with Crippen LogP contribution >= 0.6 is 0 Å². The molecule has 2 aromatic rings. The van der Waals surface area contributed by atoms with Crippen LogP contribution in [0.15, 0.2) is 30.3 Å². The van der Waals surface area contributed by atoms with Gasteiger partial charge in [-0.05, 0) is 50.1 Å². The van der Waals surface area contributed by atoms with Gasteiger partial charge in [0.2, 0.25) is 0 Å². The first kappa shape index (κ1) is 10.6. The smallest absolute Gasteiger partial charge is 0.0485 e. The van der Waals surface area contributed by atoms with Crippen molar-refractivity contribution in [3.05, 3.63) is 36.0 Å². The SMILES string of the molecule is Cc1cc2ccccc2n1C1C[C@H]2CC[C@@H](C1)N2. The molecule has 4 rings (SSSR count). The molecule has 2 bridgehead atoms. The van der Waals surface area contributed by atoms with Crippen LogP contribution in [0.4, 0.5) is 0 Å². The van der Waals surface area contributed by atoms with E-state index < -0.39 is 0 Å². The summed E-state index contributed by atoms with van der Waals surface area (Å²) in [5.74, 6) is 0. The van der Waals surface area contributed by atoms with Crippen molar-refractivity contribution in [2.45, 2.75) is 50.7 Å². The zero-order chi connectivity index (χ0) is 12.1. The summed E-state index contributed by atoms with van der Waals surface area (Å²) in [6.07, 6.45) is 5.35. The summed E-state index contributed by atoms with van der Waals surface area (Å²) >= 11 is 0. The van der Waals surface area contributed by atoms with Crippen LogP contribution in [0.1, 0.15) is 37.4 Å². The Hall–Kier alpha value is -1.28. The van der Waals surface area contributed by atoms with Crippen LogP contribution in [0.5, 0.6) is 0 Å². The van der Waals surface area contributed by atoms with Gasteiger partial charge < -0.3 is 9.88 Å². The maximum absolute atomic E-state index is 3.74. The standard InChI is InChI=1S/C16H20N2/c1-11-8-12-4-2-3-5-16(12)18(11)15-9-13-6-7-14(10-15)17-13/h2-5,8,13-15,17H,6-7,9-10H2,1H3/t13-,14+,15?. The number of piperidine rings is 1. The first-order valence-corrected chi connectivity index (χ1v) is 7.14. The third-order valence-corrected chi connectivity index (χ3v) is 4.75. The predicted octanol–water partition coefficient (Wildman–Crippen LogP) is 3.41. The molecule has 18 heavy (non-hydrogen) atoms. The predicted molar refractivity (Wildman–Crippen MR) is 74.9 cm³/mol. The third kappa shape index (κ3) is 1.52. The van der Waals surface area contributed by atoms with Crippen LogP contribution < -0.4 is 5.32 Å². The lowest BCUT2D eigenvalue weighted by atomic mass is 9.99. The van der Waals surface area contributed by atoms with Crippen molar-refractivity contribution in [2.75, 3.05) is 0 Å². The summed E-state index contributed by atoms with van der Waals surface area (Å²) in [6, 6.07) is 13.3. The van der Waals surface area contributed by atoms with E-state index in [4.69, 9.17) is 0 Å². The molecule has 1 N–H and O–H groups in total. The molecule has 1 unspecified atom stereocenters. The molecule has 3 atom stereocenters. The molecule has 2 saturated heterocycles. The summed E-state index contributed by atoms with van der Waals surface area (Å²) in [5.41, 5.74) is 2.84. The van der Waals surface area contributed by atoms with E-state index in [1.807, 2.05) is 0 Å². The van der Waals surface area contributed by atoms with Gasteiger partial charge in [0.25, 0.3) is 0 Å². The Kier molecular flexibility index (Phi) is 2.28. The molecule has 0 amide bonds. The van der Waals surface area contributed by atoms with Crippen LogP contribution in [0.2, 0.25) is 0 Å². The number of rotatable bonds is 1. The second kappa shape index (κ2) is 3.86. The molecule has 2 aliphatic rings. The molecule has 2 nitrogen and oxygen atoms in total. The van der Waals surface area contributed by atoms with E-state index in [1.54, 1.807) is 0 Å². The van der Waals surface area contributed by atoms with Crippen molar-refractivity contribution in [3.8, 4) is 0 Å². The molecule has 0 radical (unpaired) electrons. The van der Waals surface area contributed by atoms with Crippen LogP contribution in [-0.4, -0.2) is 16.7 Å². The van der Waals surface area contributed by atoms with Crippen molar-refractivity contribution < 1.29 is 0 Å². The maximum atomic E-state index is 3.74.